The predicted molar refractivity (Wildman–Crippen MR) is 94.3 cm³/mol. The van der Waals surface area contributed by atoms with Gasteiger partial charge in [-0.2, -0.15) is 0 Å². The Morgan fingerprint density at radius 2 is 1.91 bits per heavy atom. The van der Waals surface area contributed by atoms with Crippen molar-refractivity contribution >= 4 is 5.91 Å². The Kier molecular flexibility index (Phi) is 4.29. The number of amides is 1. The quantitative estimate of drug-likeness (QED) is 0.813. The molecule has 1 unspecified atom stereocenters. The first-order chi connectivity index (χ1) is 11.0. The molecule has 0 radical (unpaired) electrons. The monoisotopic (exact) mass is 310 g/mol. The first-order valence-corrected chi connectivity index (χ1v) is 8.53. The van der Waals surface area contributed by atoms with Crippen molar-refractivity contribution in [2.75, 3.05) is 13.1 Å². The van der Waals surface area contributed by atoms with Gasteiger partial charge in [0.2, 0.25) is 0 Å². The molecule has 0 saturated carbocycles. The van der Waals surface area contributed by atoms with E-state index in [0.29, 0.717) is 5.92 Å². The van der Waals surface area contributed by atoms with Crippen molar-refractivity contribution in [2.24, 2.45) is 5.92 Å². The lowest BCUT2D eigenvalue weighted by molar-refractivity contribution is 0.0682. The van der Waals surface area contributed by atoms with Gasteiger partial charge in [-0.05, 0) is 57.2 Å². The van der Waals surface area contributed by atoms with E-state index in [1.807, 2.05) is 17.0 Å². The molecule has 1 aliphatic heterocycles. The molecular formula is C20H26N2O. The van der Waals surface area contributed by atoms with E-state index in [1.54, 1.807) is 0 Å². The van der Waals surface area contributed by atoms with Crippen LogP contribution in [0.4, 0.5) is 0 Å². The van der Waals surface area contributed by atoms with Crippen LogP contribution in [-0.2, 0) is 0 Å². The van der Waals surface area contributed by atoms with Crippen LogP contribution in [-0.4, -0.2) is 28.5 Å². The molecule has 1 saturated heterocycles. The number of rotatable bonds is 2. The molecule has 3 heteroatoms. The average molecular weight is 310 g/mol. The summed E-state index contributed by atoms with van der Waals surface area (Å²) in [4.78, 5) is 15.0. The third-order valence-electron chi connectivity index (χ3n) is 4.96. The number of likely N-dealkylation sites (tertiary alicyclic amines) is 1. The van der Waals surface area contributed by atoms with Gasteiger partial charge in [0.05, 0.1) is 5.56 Å². The molecule has 1 aliphatic rings. The summed E-state index contributed by atoms with van der Waals surface area (Å²) in [6.07, 6.45) is 2.34. The summed E-state index contributed by atoms with van der Waals surface area (Å²) in [7, 11) is 0. The highest BCUT2D eigenvalue weighted by Gasteiger charge is 2.25. The summed E-state index contributed by atoms with van der Waals surface area (Å²) in [6, 6.07) is 10.4. The van der Waals surface area contributed by atoms with Gasteiger partial charge in [-0.3, -0.25) is 4.79 Å². The Morgan fingerprint density at radius 3 is 2.61 bits per heavy atom. The second-order valence-electron chi connectivity index (χ2n) is 6.91. The van der Waals surface area contributed by atoms with E-state index < -0.39 is 0 Å². The molecule has 122 valence electrons. The fourth-order valence-corrected chi connectivity index (χ4v) is 3.71. The Bertz CT molecular complexity index is 729. The lowest BCUT2D eigenvalue weighted by Gasteiger charge is -2.31. The molecule has 3 nitrogen and oxygen atoms in total. The second kappa shape index (κ2) is 6.23. The molecule has 0 spiro atoms. The van der Waals surface area contributed by atoms with Crippen LogP contribution < -0.4 is 0 Å². The van der Waals surface area contributed by atoms with Crippen LogP contribution in [0.1, 0.15) is 47.1 Å². The van der Waals surface area contributed by atoms with Gasteiger partial charge in [0, 0.05) is 30.2 Å². The number of hydrogen-bond acceptors (Lipinski definition) is 1. The zero-order valence-corrected chi connectivity index (χ0v) is 14.6. The van der Waals surface area contributed by atoms with Crippen molar-refractivity contribution in [3.8, 4) is 5.69 Å². The third kappa shape index (κ3) is 2.92. The smallest absolute Gasteiger partial charge is 0.255 e. The molecule has 2 heterocycles. The fraction of sp³-hybridized carbons (Fsp3) is 0.450. The lowest BCUT2D eigenvalue weighted by Crippen LogP contribution is -2.39. The predicted octanol–water partition coefficient (Wildman–Crippen LogP) is 4.27. The van der Waals surface area contributed by atoms with Crippen LogP contribution in [0.25, 0.3) is 5.69 Å². The molecule has 1 aromatic carbocycles. The standard InChI is InChI=1S/C20H26N2O/c1-14-8-7-11-21(13-14)20(23)18-12-16(3)22(17(18)4)19-10-6-5-9-15(19)2/h5-6,9-10,12,14H,7-8,11,13H2,1-4H3. The maximum Gasteiger partial charge on any atom is 0.255 e. The average Bonchev–Trinajstić information content (AvgIpc) is 2.82. The highest BCUT2D eigenvalue weighted by atomic mass is 16.2. The highest BCUT2D eigenvalue weighted by molar-refractivity contribution is 5.96. The number of para-hydroxylation sites is 1. The van der Waals surface area contributed by atoms with E-state index in [-0.39, 0.29) is 5.91 Å². The molecule has 1 atom stereocenters. The van der Waals surface area contributed by atoms with E-state index in [2.05, 4.69) is 50.5 Å². The summed E-state index contributed by atoms with van der Waals surface area (Å²) in [5.74, 6) is 0.789. The van der Waals surface area contributed by atoms with Crippen molar-refractivity contribution in [3.05, 3.63) is 52.8 Å². The molecule has 1 aromatic heterocycles. The fourth-order valence-electron chi connectivity index (χ4n) is 3.71. The van der Waals surface area contributed by atoms with Crippen molar-refractivity contribution < 1.29 is 4.79 Å². The minimum absolute atomic E-state index is 0.185. The maximum absolute atomic E-state index is 13.0. The molecule has 23 heavy (non-hydrogen) atoms. The zero-order valence-electron chi connectivity index (χ0n) is 14.6. The summed E-state index contributed by atoms with van der Waals surface area (Å²) >= 11 is 0. The molecule has 1 fully saturated rings. The van der Waals surface area contributed by atoms with Gasteiger partial charge in [0.25, 0.3) is 5.91 Å². The van der Waals surface area contributed by atoms with Gasteiger partial charge in [0.1, 0.15) is 0 Å². The number of carbonyl (C=O) groups excluding carboxylic acids is 1. The molecule has 0 aliphatic carbocycles. The molecule has 1 amide bonds. The van der Waals surface area contributed by atoms with Crippen molar-refractivity contribution in [2.45, 2.75) is 40.5 Å². The maximum atomic E-state index is 13.0. The third-order valence-corrected chi connectivity index (χ3v) is 4.96. The van der Waals surface area contributed by atoms with Crippen LogP contribution >= 0.6 is 0 Å². The molecule has 3 rings (SSSR count). The first kappa shape index (κ1) is 15.9. The van der Waals surface area contributed by atoms with Crippen LogP contribution in [0, 0.1) is 26.7 Å². The van der Waals surface area contributed by atoms with E-state index in [0.717, 1.165) is 42.1 Å². The number of aromatic nitrogens is 1. The van der Waals surface area contributed by atoms with Crippen LogP contribution in [0.15, 0.2) is 30.3 Å². The lowest BCUT2D eigenvalue weighted by atomic mass is 9.99. The summed E-state index contributed by atoms with van der Waals surface area (Å²) in [5.41, 5.74) is 5.39. The Labute approximate surface area is 138 Å². The summed E-state index contributed by atoms with van der Waals surface area (Å²) < 4.78 is 2.20. The number of aryl methyl sites for hydroxylation is 2. The number of carbonyl (C=O) groups is 1. The largest absolute Gasteiger partial charge is 0.338 e. The van der Waals surface area contributed by atoms with Gasteiger partial charge < -0.3 is 9.47 Å². The molecule has 0 N–H and O–H groups in total. The van der Waals surface area contributed by atoms with E-state index >= 15 is 0 Å². The van der Waals surface area contributed by atoms with E-state index in [1.165, 1.54) is 12.0 Å². The summed E-state index contributed by atoms with van der Waals surface area (Å²) in [5, 5.41) is 0. The van der Waals surface area contributed by atoms with Crippen LogP contribution in [0.2, 0.25) is 0 Å². The van der Waals surface area contributed by atoms with E-state index in [9.17, 15) is 4.79 Å². The minimum atomic E-state index is 0.185. The van der Waals surface area contributed by atoms with Gasteiger partial charge in [-0.25, -0.2) is 0 Å². The molecule has 2 aromatic rings. The Balaban J connectivity index is 1.98. The second-order valence-corrected chi connectivity index (χ2v) is 6.91. The summed E-state index contributed by atoms with van der Waals surface area (Å²) in [6.45, 7) is 10.2. The Hall–Kier alpha value is -2.03. The number of piperidine rings is 1. The normalized spacial score (nSPS) is 18.3. The topological polar surface area (TPSA) is 25.2 Å². The highest BCUT2D eigenvalue weighted by Crippen LogP contribution is 2.25. The molecular weight excluding hydrogens is 284 g/mol. The van der Waals surface area contributed by atoms with Gasteiger partial charge in [0.15, 0.2) is 0 Å². The van der Waals surface area contributed by atoms with Crippen molar-refractivity contribution in [3.63, 3.8) is 0 Å². The number of nitrogens with zero attached hydrogens (tertiary/aromatic N) is 2. The van der Waals surface area contributed by atoms with Gasteiger partial charge in [-0.15, -0.1) is 0 Å². The SMILES string of the molecule is Cc1ccccc1-n1c(C)cc(C(=O)N2CCCC(C)C2)c1C. The van der Waals surface area contributed by atoms with Crippen LogP contribution in [0.3, 0.4) is 0 Å². The minimum Gasteiger partial charge on any atom is -0.338 e. The number of hydrogen-bond donors (Lipinski definition) is 0. The first-order valence-electron chi connectivity index (χ1n) is 8.53. The van der Waals surface area contributed by atoms with Crippen molar-refractivity contribution in [1.29, 1.82) is 0 Å². The van der Waals surface area contributed by atoms with Crippen LogP contribution in [0.5, 0.6) is 0 Å². The molecule has 0 bridgehead atoms. The van der Waals surface area contributed by atoms with E-state index in [4.69, 9.17) is 0 Å². The Morgan fingerprint density at radius 1 is 1.17 bits per heavy atom. The van der Waals surface area contributed by atoms with Gasteiger partial charge >= 0.3 is 0 Å². The van der Waals surface area contributed by atoms with Crippen molar-refractivity contribution in [1.82, 2.24) is 9.47 Å². The van der Waals surface area contributed by atoms with Gasteiger partial charge in [-0.1, -0.05) is 25.1 Å². The number of benzene rings is 1. The zero-order chi connectivity index (χ0) is 16.6.